The molecule has 86 valence electrons. The minimum atomic E-state index is 0.719. The molecule has 0 fully saturated rings. The van der Waals surface area contributed by atoms with E-state index in [2.05, 4.69) is 41.9 Å². The summed E-state index contributed by atoms with van der Waals surface area (Å²) in [6.07, 6.45) is 2.35. The van der Waals surface area contributed by atoms with E-state index in [1.807, 2.05) is 7.05 Å². The van der Waals surface area contributed by atoms with E-state index in [-0.39, 0.29) is 0 Å². The summed E-state index contributed by atoms with van der Waals surface area (Å²) in [6.45, 7) is 8.52. The van der Waals surface area contributed by atoms with Crippen molar-refractivity contribution in [3.63, 3.8) is 0 Å². The van der Waals surface area contributed by atoms with E-state index < -0.39 is 0 Å². The Morgan fingerprint density at radius 1 is 1.47 bits per heavy atom. The lowest BCUT2D eigenvalue weighted by atomic mass is 10.00. The highest BCUT2D eigenvalue weighted by molar-refractivity contribution is 5.09. The first-order valence-corrected chi connectivity index (χ1v) is 5.89. The van der Waals surface area contributed by atoms with Gasteiger partial charge in [0.05, 0.1) is 5.69 Å². The van der Waals surface area contributed by atoms with Crippen LogP contribution in [0.4, 0.5) is 0 Å². The van der Waals surface area contributed by atoms with Gasteiger partial charge < -0.3 is 5.32 Å². The van der Waals surface area contributed by atoms with E-state index in [0.29, 0.717) is 0 Å². The average molecular weight is 209 g/mol. The van der Waals surface area contributed by atoms with Crippen molar-refractivity contribution in [2.45, 2.75) is 40.2 Å². The molecule has 0 aliphatic rings. The number of aromatic nitrogens is 2. The van der Waals surface area contributed by atoms with E-state index in [1.165, 1.54) is 12.1 Å². The highest BCUT2D eigenvalue weighted by Gasteiger charge is 2.10. The summed E-state index contributed by atoms with van der Waals surface area (Å²) < 4.78 is 2.12. The quantitative estimate of drug-likeness (QED) is 0.776. The standard InChI is InChI=1S/C12H23N3/c1-5-11(9-13-4)8-12-7-10(3)14-15(12)6-2/h7,11,13H,5-6,8-9H2,1-4H3. The lowest BCUT2D eigenvalue weighted by Crippen LogP contribution is -2.21. The first-order chi connectivity index (χ1) is 7.21. The number of hydrogen-bond donors (Lipinski definition) is 1. The van der Waals surface area contributed by atoms with Gasteiger partial charge in [0.25, 0.3) is 0 Å². The third-order valence-corrected chi connectivity index (χ3v) is 2.85. The molecule has 3 heteroatoms. The molecule has 3 nitrogen and oxygen atoms in total. The Hall–Kier alpha value is -0.830. The molecule has 1 aromatic heterocycles. The SMILES string of the molecule is CCC(CNC)Cc1cc(C)nn1CC. The van der Waals surface area contributed by atoms with Crippen LogP contribution in [0.25, 0.3) is 0 Å². The van der Waals surface area contributed by atoms with Gasteiger partial charge in [-0.2, -0.15) is 5.10 Å². The van der Waals surface area contributed by atoms with E-state index in [1.54, 1.807) is 0 Å². The van der Waals surface area contributed by atoms with Crippen LogP contribution in [0.5, 0.6) is 0 Å². The fourth-order valence-corrected chi connectivity index (χ4v) is 1.98. The Labute approximate surface area is 92.9 Å². The number of nitrogens with one attached hydrogen (secondary N) is 1. The zero-order valence-electron chi connectivity index (χ0n) is 10.4. The molecule has 1 rings (SSSR count). The molecular weight excluding hydrogens is 186 g/mol. The molecule has 1 heterocycles. The van der Waals surface area contributed by atoms with Crippen molar-refractivity contribution >= 4 is 0 Å². The summed E-state index contributed by atoms with van der Waals surface area (Å²) in [4.78, 5) is 0. The van der Waals surface area contributed by atoms with Gasteiger partial charge in [0.2, 0.25) is 0 Å². The maximum absolute atomic E-state index is 4.47. The predicted octanol–water partition coefficient (Wildman–Crippen LogP) is 2.00. The lowest BCUT2D eigenvalue weighted by molar-refractivity contribution is 0.460. The summed E-state index contributed by atoms with van der Waals surface area (Å²) in [7, 11) is 2.02. The zero-order chi connectivity index (χ0) is 11.3. The normalized spacial score (nSPS) is 13.1. The molecule has 0 amide bonds. The Bertz CT molecular complexity index is 291. The van der Waals surface area contributed by atoms with Gasteiger partial charge in [-0.3, -0.25) is 4.68 Å². The average Bonchev–Trinajstić information content (AvgIpc) is 2.58. The summed E-state index contributed by atoms with van der Waals surface area (Å²) >= 11 is 0. The van der Waals surface area contributed by atoms with Crippen LogP contribution >= 0.6 is 0 Å². The second kappa shape index (κ2) is 5.91. The Morgan fingerprint density at radius 3 is 2.73 bits per heavy atom. The fourth-order valence-electron chi connectivity index (χ4n) is 1.98. The minimum Gasteiger partial charge on any atom is -0.319 e. The Balaban J connectivity index is 2.68. The van der Waals surface area contributed by atoms with Crippen molar-refractivity contribution in [3.05, 3.63) is 17.5 Å². The Kier molecular flexibility index (Phi) is 4.82. The van der Waals surface area contributed by atoms with E-state index in [9.17, 15) is 0 Å². The smallest absolute Gasteiger partial charge is 0.0596 e. The monoisotopic (exact) mass is 209 g/mol. The second-order valence-corrected chi connectivity index (χ2v) is 4.13. The van der Waals surface area contributed by atoms with E-state index in [4.69, 9.17) is 0 Å². The molecule has 0 aliphatic heterocycles. The summed E-state index contributed by atoms with van der Waals surface area (Å²) in [5, 5.41) is 7.73. The largest absolute Gasteiger partial charge is 0.319 e. The maximum atomic E-state index is 4.47. The first-order valence-electron chi connectivity index (χ1n) is 5.89. The Morgan fingerprint density at radius 2 is 2.20 bits per heavy atom. The van der Waals surface area contributed by atoms with Crippen molar-refractivity contribution in [3.8, 4) is 0 Å². The van der Waals surface area contributed by atoms with Crippen molar-refractivity contribution in [2.75, 3.05) is 13.6 Å². The number of aryl methyl sites for hydroxylation is 2. The maximum Gasteiger partial charge on any atom is 0.0596 e. The second-order valence-electron chi connectivity index (χ2n) is 4.13. The minimum absolute atomic E-state index is 0.719. The topological polar surface area (TPSA) is 29.9 Å². The highest BCUT2D eigenvalue weighted by Crippen LogP contribution is 2.13. The van der Waals surface area contributed by atoms with Crippen LogP contribution in [0.1, 0.15) is 31.7 Å². The lowest BCUT2D eigenvalue weighted by Gasteiger charge is -2.14. The molecule has 0 aliphatic carbocycles. The molecule has 0 saturated heterocycles. The van der Waals surface area contributed by atoms with E-state index in [0.717, 1.165) is 31.1 Å². The van der Waals surface area contributed by atoms with Crippen LogP contribution in [0, 0.1) is 12.8 Å². The number of hydrogen-bond acceptors (Lipinski definition) is 2. The third-order valence-electron chi connectivity index (χ3n) is 2.85. The number of rotatable bonds is 6. The molecule has 0 bridgehead atoms. The van der Waals surface area contributed by atoms with E-state index >= 15 is 0 Å². The fraction of sp³-hybridized carbons (Fsp3) is 0.750. The van der Waals surface area contributed by atoms with Crippen LogP contribution in [0.2, 0.25) is 0 Å². The first kappa shape index (κ1) is 12.2. The van der Waals surface area contributed by atoms with Gasteiger partial charge >= 0.3 is 0 Å². The van der Waals surface area contributed by atoms with Crippen molar-refractivity contribution in [1.29, 1.82) is 0 Å². The van der Waals surface area contributed by atoms with Crippen molar-refractivity contribution in [2.24, 2.45) is 5.92 Å². The third kappa shape index (κ3) is 3.34. The summed E-state index contributed by atoms with van der Waals surface area (Å²) in [5.74, 6) is 0.719. The van der Waals surface area contributed by atoms with Gasteiger partial charge in [-0.05, 0) is 45.8 Å². The van der Waals surface area contributed by atoms with Crippen LogP contribution < -0.4 is 5.32 Å². The molecule has 0 saturated carbocycles. The van der Waals surface area contributed by atoms with Crippen LogP contribution in [0.3, 0.4) is 0 Å². The van der Waals surface area contributed by atoms with Gasteiger partial charge in [-0.1, -0.05) is 13.3 Å². The van der Waals surface area contributed by atoms with Crippen LogP contribution in [-0.4, -0.2) is 23.4 Å². The molecule has 0 spiro atoms. The van der Waals surface area contributed by atoms with Crippen LogP contribution in [-0.2, 0) is 13.0 Å². The van der Waals surface area contributed by atoms with Crippen molar-refractivity contribution in [1.82, 2.24) is 15.1 Å². The predicted molar refractivity (Wildman–Crippen MR) is 64.0 cm³/mol. The molecule has 1 atom stereocenters. The van der Waals surface area contributed by atoms with Gasteiger partial charge in [-0.15, -0.1) is 0 Å². The van der Waals surface area contributed by atoms with Gasteiger partial charge in [0, 0.05) is 12.2 Å². The van der Waals surface area contributed by atoms with Crippen LogP contribution in [0.15, 0.2) is 6.07 Å². The molecule has 1 unspecified atom stereocenters. The van der Waals surface area contributed by atoms with Gasteiger partial charge in [0.1, 0.15) is 0 Å². The summed E-state index contributed by atoms with van der Waals surface area (Å²) in [6, 6.07) is 2.21. The highest BCUT2D eigenvalue weighted by atomic mass is 15.3. The molecule has 1 N–H and O–H groups in total. The van der Waals surface area contributed by atoms with Gasteiger partial charge in [-0.25, -0.2) is 0 Å². The zero-order valence-corrected chi connectivity index (χ0v) is 10.4. The van der Waals surface area contributed by atoms with Crippen molar-refractivity contribution < 1.29 is 0 Å². The molecular formula is C12H23N3. The molecule has 0 aromatic carbocycles. The van der Waals surface area contributed by atoms with Gasteiger partial charge in [0.15, 0.2) is 0 Å². The molecule has 0 radical (unpaired) electrons. The molecule has 1 aromatic rings. The summed E-state index contributed by atoms with van der Waals surface area (Å²) in [5.41, 5.74) is 2.50. The molecule has 15 heavy (non-hydrogen) atoms. The number of nitrogens with zero attached hydrogens (tertiary/aromatic N) is 2.